The summed E-state index contributed by atoms with van der Waals surface area (Å²) in [7, 11) is 0. The molecule has 1 aromatic carbocycles. The molecule has 0 radical (unpaired) electrons. The van der Waals surface area contributed by atoms with Gasteiger partial charge < -0.3 is 10.1 Å². The van der Waals surface area contributed by atoms with Crippen LogP contribution in [-0.4, -0.2) is 18.1 Å². The van der Waals surface area contributed by atoms with Crippen LogP contribution in [0.5, 0.6) is 5.75 Å². The number of benzene rings is 1. The van der Waals surface area contributed by atoms with Gasteiger partial charge in [-0.1, -0.05) is 13.0 Å². The number of hydrogen-bond donors (Lipinski definition) is 1. The van der Waals surface area contributed by atoms with Crippen molar-refractivity contribution >= 4 is 11.4 Å². The minimum absolute atomic E-state index is 0.0803. The van der Waals surface area contributed by atoms with Crippen LogP contribution >= 0.6 is 0 Å². The molecule has 2 rings (SSSR count). The summed E-state index contributed by atoms with van der Waals surface area (Å²) in [5.41, 5.74) is 0.585. The van der Waals surface area contributed by atoms with Gasteiger partial charge in [0.05, 0.1) is 11.5 Å². The molecule has 5 heteroatoms. The molecular weight excluding hydrogens is 232 g/mol. The van der Waals surface area contributed by atoms with Crippen LogP contribution in [-0.2, 0) is 0 Å². The zero-order chi connectivity index (χ0) is 13.0. The van der Waals surface area contributed by atoms with Crippen LogP contribution in [0.3, 0.4) is 0 Å². The molecule has 0 spiro atoms. The van der Waals surface area contributed by atoms with Gasteiger partial charge in [0.2, 0.25) is 0 Å². The topological polar surface area (TPSA) is 64.4 Å². The molecule has 0 heterocycles. The molecule has 0 bridgehead atoms. The highest BCUT2D eigenvalue weighted by Crippen LogP contribution is 2.36. The molecule has 98 valence electrons. The summed E-state index contributed by atoms with van der Waals surface area (Å²) in [5.74, 6) is 1.22. The maximum atomic E-state index is 11.0. The Morgan fingerprint density at radius 1 is 1.50 bits per heavy atom. The number of nitro groups is 1. The van der Waals surface area contributed by atoms with Crippen LogP contribution in [0.15, 0.2) is 18.2 Å². The van der Waals surface area contributed by atoms with Crippen LogP contribution in [0.25, 0.3) is 0 Å². The summed E-state index contributed by atoms with van der Waals surface area (Å²) >= 11 is 0. The Morgan fingerprint density at radius 3 is 2.89 bits per heavy atom. The summed E-state index contributed by atoms with van der Waals surface area (Å²) in [6.07, 6.45) is 3.31. The maximum absolute atomic E-state index is 11.0. The molecule has 0 saturated heterocycles. The zero-order valence-electron chi connectivity index (χ0n) is 10.5. The van der Waals surface area contributed by atoms with Gasteiger partial charge >= 0.3 is 0 Å². The van der Waals surface area contributed by atoms with E-state index in [0.29, 0.717) is 30.5 Å². The van der Waals surface area contributed by atoms with Crippen molar-refractivity contribution < 1.29 is 9.66 Å². The quantitative estimate of drug-likeness (QED) is 0.596. The van der Waals surface area contributed by atoms with Crippen molar-refractivity contribution in [1.82, 2.24) is 0 Å². The summed E-state index contributed by atoms with van der Waals surface area (Å²) in [5, 5.41) is 14.1. The molecule has 18 heavy (non-hydrogen) atoms. The van der Waals surface area contributed by atoms with Gasteiger partial charge in [0, 0.05) is 12.6 Å². The first-order valence-corrected chi connectivity index (χ1v) is 6.36. The van der Waals surface area contributed by atoms with Crippen LogP contribution in [0.4, 0.5) is 11.4 Å². The number of rotatable bonds is 7. The van der Waals surface area contributed by atoms with E-state index < -0.39 is 0 Å². The average molecular weight is 250 g/mol. The molecule has 1 saturated carbocycles. The van der Waals surface area contributed by atoms with Crippen molar-refractivity contribution in [2.24, 2.45) is 5.92 Å². The molecule has 1 aliphatic carbocycles. The third-order valence-electron chi connectivity index (χ3n) is 2.92. The molecule has 0 unspecified atom stereocenters. The lowest BCUT2D eigenvalue weighted by molar-refractivity contribution is -0.384. The first-order valence-electron chi connectivity index (χ1n) is 6.36. The first kappa shape index (κ1) is 12.7. The molecule has 1 aromatic rings. The average Bonchev–Trinajstić information content (AvgIpc) is 3.17. The van der Waals surface area contributed by atoms with Crippen molar-refractivity contribution in [3.63, 3.8) is 0 Å². The van der Waals surface area contributed by atoms with Crippen LogP contribution in [0, 0.1) is 16.0 Å². The maximum Gasteiger partial charge on any atom is 0.296 e. The molecule has 0 aliphatic heterocycles. The van der Waals surface area contributed by atoms with Crippen LogP contribution in [0.2, 0.25) is 0 Å². The van der Waals surface area contributed by atoms with E-state index in [-0.39, 0.29) is 10.6 Å². The number of hydrogen-bond acceptors (Lipinski definition) is 4. The Labute approximate surface area is 106 Å². The predicted molar refractivity (Wildman–Crippen MR) is 70.1 cm³/mol. The van der Waals surface area contributed by atoms with E-state index in [1.54, 1.807) is 12.1 Å². The van der Waals surface area contributed by atoms with E-state index in [1.807, 2.05) is 6.92 Å². The van der Waals surface area contributed by atoms with Crippen molar-refractivity contribution in [3.8, 4) is 5.75 Å². The summed E-state index contributed by atoms with van der Waals surface area (Å²) in [6, 6.07) is 4.95. The summed E-state index contributed by atoms with van der Waals surface area (Å²) in [6.45, 7) is 3.37. The third kappa shape index (κ3) is 3.12. The molecule has 0 aromatic heterocycles. The number of nitrogens with one attached hydrogen (secondary N) is 1. The normalized spacial score (nSPS) is 14.3. The molecule has 1 fully saturated rings. The van der Waals surface area contributed by atoms with E-state index in [2.05, 4.69) is 5.32 Å². The van der Waals surface area contributed by atoms with Crippen molar-refractivity contribution in [2.75, 3.05) is 18.5 Å². The Bertz CT molecular complexity index is 430. The van der Waals surface area contributed by atoms with Gasteiger partial charge in [0.15, 0.2) is 5.69 Å². The smallest absolute Gasteiger partial charge is 0.296 e. The molecule has 1 aliphatic rings. The van der Waals surface area contributed by atoms with Gasteiger partial charge in [0.1, 0.15) is 5.75 Å². The lowest BCUT2D eigenvalue weighted by atomic mass is 10.2. The van der Waals surface area contributed by atoms with Gasteiger partial charge in [-0.15, -0.1) is 0 Å². The SMILES string of the molecule is CCCNc1c(OCC2CC2)cccc1[N+](=O)[O-]. The Kier molecular flexibility index (Phi) is 4.02. The van der Waals surface area contributed by atoms with Crippen LogP contribution in [0.1, 0.15) is 26.2 Å². The van der Waals surface area contributed by atoms with E-state index >= 15 is 0 Å². The fourth-order valence-corrected chi connectivity index (χ4v) is 1.71. The number of ether oxygens (including phenoxy) is 1. The summed E-state index contributed by atoms with van der Waals surface area (Å²) < 4.78 is 5.68. The van der Waals surface area contributed by atoms with Crippen molar-refractivity contribution in [3.05, 3.63) is 28.3 Å². The number of nitro benzene ring substituents is 1. The number of nitrogens with zero attached hydrogens (tertiary/aromatic N) is 1. The number of anilines is 1. The molecule has 0 atom stereocenters. The van der Waals surface area contributed by atoms with Crippen molar-refractivity contribution in [2.45, 2.75) is 26.2 Å². The fraction of sp³-hybridized carbons (Fsp3) is 0.538. The second-order valence-corrected chi connectivity index (χ2v) is 4.59. The Balaban J connectivity index is 2.18. The molecular formula is C13H18N2O3. The molecule has 5 nitrogen and oxygen atoms in total. The van der Waals surface area contributed by atoms with E-state index in [4.69, 9.17) is 4.74 Å². The summed E-state index contributed by atoms with van der Waals surface area (Å²) in [4.78, 5) is 10.6. The minimum Gasteiger partial charge on any atom is -0.491 e. The standard InChI is InChI=1S/C13H18N2O3/c1-2-8-14-13-11(15(16)17)4-3-5-12(13)18-9-10-6-7-10/h3-5,10,14H,2,6-9H2,1H3. The second kappa shape index (κ2) is 5.71. The highest BCUT2D eigenvalue weighted by Gasteiger charge is 2.24. The van der Waals surface area contributed by atoms with Gasteiger partial charge in [-0.2, -0.15) is 0 Å². The predicted octanol–water partition coefficient (Wildman–Crippen LogP) is 3.21. The largest absolute Gasteiger partial charge is 0.491 e. The van der Waals surface area contributed by atoms with Gasteiger partial charge in [-0.3, -0.25) is 10.1 Å². The van der Waals surface area contributed by atoms with Gasteiger partial charge in [-0.25, -0.2) is 0 Å². The lowest BCUT2D eigenvalue weighted by Crippen LogP contribution is -2.07. The van der Waals surface area contributed by atoms with Crippen molar-refractivity contribution in [1.29, 1.82) is 0 Å². The van der Waals surface area contributed by atoms with E-state index in [0.717, 1.165) is 6.42 Å². The molecule has 1 N–H and O–H groups in total. The first-order chi connectivity index (χ1) is 8.72. The highest BCUT2D eigenvalue weighted by atomic mass is 16.6. The second-order valence-electron chi connectivity index (χ2n) is 4.59. The molecule has 0 amide bonds. The van der Waals surface area contributed by atoms with Gasteiger partial charge in [-0.05, 0) is 31.2 Å². The number of para-hydroxylation sites is 1. The van der Waals surface area contributed by atoms with E-state index in [9.17, 15) is 10.1 Å². The van der Waals surface area contributed by atoms with Crippen LogP contribution < -0.4 is 10.1 Å². The monoisotopic (exact) mass is 250 g/mol. The highest BCUT2D eigenvalue weighted by molar-refractivity contribution is 5.70. The van der Waals surface area contributed by atoms with Gasteiger partial charge in [0.25, 0.3) is 5.69 Å². The zero-order valence-corrected chi connectivity index (χ0v) is 10.5. The minimum atomic E-state index is -0.373. The lowest BCUT2D eigenvalue weighted by Gasteiger charge is -2.12. The van der Waals surface area contributed by atoms with E-state index in [1.165, 1.54) is 18.9 Å². The third-order valence-corrected chi connectivity index (χ3v) is 2.92. The Morgan fingerprint density at radius 2 is 2.28 bits per heavy atom. The fourth-order valence-electron chi connectivity index (χ4n) is 1.71. The Hall–Kier alpha value is -1.78.